The third-order valence-electron chi connectivity index (χ3n) is 3.07. The molecule has 0 saturated heterocycles. The molecule has 1 aromatic carbocycles. The normalized spacial score (nSPS) is 21.8. The highest BCUT2D eigenvalue weighted by atomic mass is 14.3. The Balaban J connectivity index is 2.25. The van der Waals surface area contributed by atoms with Crippen LogP contribution in [0.2, 0.25) is 0 Å². The average molecular weight is 180 g/mol. The van der Waals surface area contributed by atoms with Gasteiger partial charge in [0.1, 0.15) is 0 Å². The molecular weight excluding hydrogens is 168 g/mol. The lowest BCUT2D eigenvalue weighted by Gasteiger charge is -2.12. The van der Waals surface area contributed by atoms with Crippen molar-refractivity contribution in [2.75, 3.05) is 0 Å². The number of hydrogen-bond acceptors (Lipinski definition) is 0. The van der Waals surface area contributed by atoms with Gasteiger partial charge in [0.2, 0.25) is 0 Å². The van der Waals surface area contributed by atoms with Crippen molar-refractivity contribution in [1.82, 2.24) is 0 Å². The molecular formula is C14H12. The van der Waals surface area contributed by atoms with Gasteiger partial charge in [-0.15, -0.1) is 0 Å². The summed E-state index contributed by atoms with van der Waals surface area (Å²) in [4.78, 5) is 0. The van der Waals surface area contributed by atoms with E-state index >= 15 is 0 Å². The Hall–Kier alpha value is -1.56. The Morgan fingerprint density at radius 2 is 2.07 bits per heavy atom. The van der Waals surface area contributed by atoms with E-state index in [9.17, 15) is 0 Å². The fraction of sp³-hybridized carbons (Fsp3) is 0.143. The minimum Gasteiger partial charge on any atom is -0.0726 e. The molecule has 0 aliphatic heterocycles. The van der Waals surface area contributed by atoms with Crippen LogP contribution in [0.3, 0.4) is 0 Å². The fourth-order valence-electron chi connectivity index (χ4n) is 2.32. The van der Waals surface area contributed by atoms with Crippen molar-refractivity contribution < 1.29 is 0 Å². The van der Waals surface area contributed by atoms with E-state index in [4.69, 9.17) is 0 Å². The zero-order valence-corrected chi connectivity index (χ0v) is 8.20. The van der Waals surface area contributed by atoms with Crippen molar-refractivity contribution in [3.05, 3.63) is 64.8 Å². The van der Waals surface area contributed by atoms with Crippen LogP contribution in [0.1, 0.15) is 22.6 Å². The lowest BCUT2D eigenvalue weighted by atomic mass is 9.92. The van der Waals surface area contributed by atoms with E-state index in [1.165, 1.54) is 22.3 Å². The first-order chi connectivity index (χ1) is 6.86. The Labute approximate surface area is 84.3 Å². The molecule has 0 heteroatoms. The van der Waals surface area contributed by atoms with Crippen LogP contribution in [0.25, 0.3) is 6.08 Å². The van der Waals surface area contributed by atoms with Crippen molar-refractivity contribution in [3.8, 4) is 0 Å². The summed E-state index contributed by atoms with van der Waals surface area (Å²) in [6, 6.07) is 6.57. The first-order valence-electron chi connectivity index (χ1n) is 5.02. The largest absolute Gasteiger partial charge is 0.0726 e. The first-order valence-corrected chi connectivity index (χ1v) is 5.02. The second kappa shape index (κ2) is 2.71. The van der Waals surface area contributed by atoms with Crippen LogP contribution < -0.4 is 0 Å². The topological polar surface area (TPSA) is 0 Å². The van der Waals surface area contributed by atoms with Crippen LogP contribution >= 0.6 is 0 Å². The Morgan fingerprint density at radius 1 is 1.14 bits per heavy atom. The monoisotopic (exact) mass is 180 g/mol. The number of rotatable bonds is 0. The molecule has 0 bridgehead atoms. The maximum absolute atomic E-state index is 2.31. The van der Waals surface area contributed by atoms with Gasteiger partial charge in [0.05, 0.1) is 0 Å². The van der Waals surface area contributed by atoms with Crippen molar-refractivity contribution in [1.29, 1.82) is 0 Å². The Kier molecular flexibility index (Phi) is 1.51. The summed E-state index contributed by atoms with van der Waals surface area (Å²) in [6.07, 6.45) is 11.1. The average Bonchev–Trinajstić information content (AvgIpc) is 2.59. The molecule has 1 unspecified atom stereocenters. The first kappa shape index (κ1) is 7.81. The summed E-state index contributed by atoms with van der Waals surface area (Å²) >= 11 is 0. The van der Waals surface area contributed by atoms with E-state index < -0.39 is 0 Å². The molecule has 2 aliphatic rings. The number of fused-ring (bicyclic) bond motifs is 3. The van der Waals surface area contributed by atoms with Crippen molar-refractivity contribution in [2.24, 2.45) is 0 Å². The van der Waals surface area contributed by atoms with E-state index in [2.05, 4.69) is 55.5 Å². The number of hydrogen-bond donors (Lipinski definition) is 0. The molecule has 0 spiro atoms. The van der Waals surface area contributed by atoms with Crippen LogP contribution in [0.5, 0.6) is 0 Å². The molecule has 0 N–H and O–H groups in total. The van der Waals surface area contributed by atoms with Gasteiger partial charge in [0.25, 0.3) is 0 Å². The Bertz CT molecular complexity index is 473. The minimum atomic E-state index is 0.509. The van der Waals surface area contributed by atoms with Gasteiger partial charge in [0.15, 0.2) is 0 Å². The predicted octanol–water partition coefficient (Wildman–Crippen LogP) is 3.60. The molecule has 1 atom stereocenters. The molecule has 14 heavy (non-hydrogen) atoms. The third-order valence-corrected chi connectivity index (χ3v) is 3.07. The SMILES string of the molecule is Cc1cccc2c1C=C1C=CC=CC12. The van der Waals surface area contributed by atoms with E-state index in [1.54, 1.807) is 0 Å². The van der Waals surface area contributed by atoms with E-state index in [0.29, 0.717) is 5.92 Å². The van der Waals surface area contributed by atoms with Gasteiger partial charge in [-0.05, 0) is 29.2 Å². The predicted molar refractivity (Wildman–Crippen MR) is 60.2 cm³/mol. The van der Waals surface area contributed by atoms with Gasteiger partial charge in [-0.3, -0.25) is 0 Å². The number of benzene rings is 1. The second-order valence-electron chi connectivity index (χ2n) is 3.94. The molecule has 3 rings (SSSR count). The van der Waals surface area contributed by atoms with Crippen LogP contribution in [0.4, 0.5) is 0 Å². The fourth-order valence-corrected chi connectivity index (χ4v) is 2.32. The van der Waals surface area contributed by atoms with Crippen LogP contribution in [0, 0.1) is 6.92 Å². The number of allylic oxidation sites excluding steroid dienone is 5. The quantitative estimate of drug-likeness (QED) is 0.572. The zero-order chi connectivity index (χ0) is 9.54. The maximum atomic E-state index is 2.31. The van der Waals surface area contributed by atoms with Gasteiger partial charge in [0, 0.05) is 5.92 Å². The van der Waals surface area contributed by atoms with Gasteiger partial charge in [-0.2, -0.15) is 0 Å². The highest BCUT2D eigenvalue weighted by molar-refractivity contribution is 5.73. The highest BCUT2D eigenvalue weighted by Crippen LogP contribution is 2.40. The van der Waals surface area contributed by atoms with Crippen LogP contribution in [0.15, 0.2) is 48.1 Å². The third kappa shape index (κ3) is 0.941. The molecule has 68 valence electrons. The highest BCUT2D eigenvalue weighted by Gasteiger charge is 2.22. The molecule has 2 aliphatic carbocycles. The van der Waals surface area contributed by atoms with Crippen LogP contribution in [-0.4, -0.2) is 0 Å². The summed E-state index contributed by atoms with van der Waals surface area (Å²) in [5, 5.41) is 0. The van der Waals surface area contributed by atoms with E-state index in [-0.39, 0.29) is 0 Å². The summed E-state index contributed by atoms with van der Waals surface area (Å²) < 4.78 is 0. The molecule has 0 amide bonds. The van der Waals surface area contributed by atoms with E-state index in [0.717, 1.165) is 0 Å². The summed E-state index contributed by atoms with van der Waals surface area (Å²) in [5.41, 5.74) is 5.69. The zero-order valence-electron chi connectivity index (χ0n) is 8.20. The molecule has 0 nitrogen and oxygen atoms in total. The van der Waals surface area contributed by atoms with Crippen molar-refractivity contribution >= 4 is 6.08 Å². The van der Waals surface area contributed by atoms with Gasteiger partial charge < -0.3 is 0 Å². The molecule has 0 heterocycles. The number of aryl methyl sites for hydroxylation is 1. The smallest absolute Gasteiger partial charge is 0.0278 e. The minimum absolute atomic E-state index is 0.509. The van der Waals surface area contributed by atoms with Gasteiger partial charge in [-0.25, -0.2) is 0 Å². The summed E-state index contributed by atoms with van der Waals surface area (Å²) in [5.74, 6) is 0.509. The molecule has 1 aromatic rings. The maximum Gasteiger partial charge on any atom is 0.0278 e. The second-order valence-corrected chi connectivity index (χ2v) is 3.94. The lowest BCUT2D eigenvalue weighted by molar-refractivity contribution is 1.05. The molecule has 0 saturated carbocycles. The van der Waals surface area contributed by atoms with Gasteiger partial charge in [-0.1, -0.05) is 48.6 Å². The molecule has 0 radical (unpaired) electrons. The Morgan fingerprint density at radius 3 is 3.00 bits per heavy atom. The standard InChI is InChI=1S/C14H12/c1-10-5-4-8-13-12-7-3-2-6-11(12)9-14(10)13/h2-9,12H,1H3. The summed E-state index contributed by atoms with van der Waals surface area (Å²) in [6.45, 7) is 2.18. The van der Waals surface area contributed by atoms with Crippen LogP contribution in [-0.2, 0) is 0 Å². The van der Waals surface area contributed by atoms with Crippen molar-refractivity contribution in [2.45, 2.75) is 12.8 Å². The van der Waals surface area contributed by atoms with E-state index in [1.807, 2.05) is 0 Å². The summed E-state index contributed by atoms with van der Waals surface area (Å²) in [7, 11) is 0. The lowest BCUT2D eigenvalue weighted by Crippen LogP contribution is -1.95. The van der Waals surface area contributed by atoms with Gasteiger partial charge >= 0.3 is 0 Å². The van der Waals surface area contributed by atoms with Crippen molar-refractivity contribution in [3.63, 3.8) is 0 Å². The molecule has 0 aromatic heterocycles. The molecule has 0 fully saturated rings.